The zero-order valence-electron chi connectivity index (χ0n) is 15.6. The molecule has 0 unspecified atom stereocenters. The first-order chi connectivity index (χ1) is 13.1. The Kier molecular flexibility index (Phi) is 4.45. The lowest BCUT2D eigenvalue weighted by Gasteiger charge is -2.28. The molecular weight excluding hydrogens is 340 g/mol. The monoisotopic (exact) mass is 364 g/mol. The Morgan fingerprint density at radius 3 is 2.44 bits per heavy atom. The average molecular weight is 364 g/mol. The van der Waals surface area contributed by atoms with E-state index in [1.807, 2.05) is 41.8 Å². The maximum atomic E-state index is 6.39. The molecule has 0 saturated carbocycles. The molecule has 3 aromatic rings. The van der Waals surface area contributed by atoms with Crippen LogP contribution in [0.2, 0.25) is 0 Å². The smallest absolute Gasteiger partial charge is 0.165 e. The first-order valence-electron chi connectivity index (χ1n) is 9.06. The molecule has 1 aliphatic rings. The van der Waals surface area contributed by atoms with Gasteiger partial charge in [-0.25, -0.2) is 9.97 Å². The van der Waals surface area contributed by atoms with Gasteiger partial charge in [-0.3, -0.25) is 4.57 Å². The standard InChI is InChI=1S/C20H24N6O/c1-13-5-3-4-6-15(13)19-23-14(2)18(22)26(19)20-16(21)7-8-17(24-20)25-9-11-27-12-10-25/h3-8H,9-12,21-22H2,1-2H3. The van der Waals surface area contributed by atoms with E-state index in [4.69, 9.17) is 26.2 Å². The maximum absolute atomic E-state index is 6.39. The molecule has 0 amide bonds. The van der Waals surface area contributed by atoms with Crippen LogP contribution in [-0.4, -0.2) is 40.8 Å². The summed E-state index contributed by atoms with van der Waals surface area (Å²) >= 11 is 0. The molecule has 0 atom stereocenters. The number of rotatable bonds is 3. The van der Waals surface area contributed by atoms with E-state index < -0.39 is 0 Å². The van der Waals surface area contributed by atoms with Gasteiger partial charge in [-0.15, -0.1) is 0 Å². The average Bonchev–Trinajstić information content (AvgIpc) is 2.98. The fourth-order valence-corrected chi connectivity index (χ4v) is 3.36. The number of aryl methyl sites for hydroxylation is 2. The van der Waals surface area contributed by atoms with Crippen LogP contribution in [0.3, 0.4) is 0 Å². The van der Waals surface area contributed by atoms with Crippen molar-refractivity contribution in [2.24, 2.45) is 0 Å². The van der Waals surface area contributed by atoms with Crippen molar-refractivity contribution >= 4 is 17.3 Å². The van der Waals surface area contributed by atoms with E-state index in [2.05, 4.69) is 17.9 Å². The van der Waals surface area contributed by atoms with Gasteiger partial charge in [-0.1, -0.05) is 24.3 Å². The molecule has 0 spiro atoms. The van der Waals surface area contributed by atoms with Gasteiger partial charge in [-0.2, -0.15) is 0 Å². The topological polar surface area (TPSA) is 95.2 Å². The number of benzene rings is 1. The number of morpholine rings is 1. The third kappa shape index (κ3) is 3.10. The number of pyridine rings is 1. The Labute approximate surface area is 158 Å². The SMILES string of the molecule is Cc1ccccc1-c1nc(C)c(N)n1-c1nc(N2CCOCC2)ccc1N. The summed E-state index contributed by atoms with van der Waals surface area (Å²) < 4.78 is 7.30. The third-order valence-corrected chi connectivity index (χ3v) is 4.92. The maximum Gasteiger partial charge on any atom is 0.165 e. The van der Waals surface area contributed by atoms with Crippen molar-refractivity contribution in [1.29, 1.82) is 0 Å². The van der Waals surface area contributed by atoms with E-state index >= 15 is 0 Å². The number of anilines is 3. The minimum absolute atomic E-state index is 0.548. The van der Waals surface area contributed by atoms with Gasteiger partial charge in [0.1, 0.15) is 17.5 Å². The fourth-order valence-electron chi connectivity index (χ4n) is 3.36. The molecule has 0 radical (unpaired) electrons. The first kappa shape index (κ1) is 17.4. The van der Waals surface area contributed by atoms with Crippen molar-refractivity contribution in [3.63, 3.8) is 0 Å². The van der Waals surface area contributed by atoms with Crippen molar-refractivity contribution in [3.8, 4) is 17.2 Å². The molecule has 140 valence electrons. The Hall–Kier alpha value is -3.06. The highest BCUT2D eigenvalue weighted by molar-refractivity contribution is 5.71. The summed E-state index contributed by atoms with van der Waals surface area (Å²) in [7, 11) is 0. The van der Waals surface area contributed by atoms with Gasteiger partial charge < -0.3 is 21.1 Å². The Balaban J connectivity index is 1.87. The minimum atomic E-state index is 0.548. The second-order valence-corrected chi connectivity index (χ2v) is 6.74. The van der Waals surface area contributed by atoms with Gasteiger partial charge >= 0.3 is 0 Å². The number of nitrogen functional groups attached to an aromatic ring is 2. The predicted octanol–water partition coefficient (Wildman–Crippen LogP) is 2.55. The predicted molar refractivity (Wildman–Crippen MR) is 108 cm³/mol. The van der Waals surface area contributed by atoms with Crippen molar-refractivity contribution in [2.75, 3.05) is 42.7 Å². The second-order valence-electron chi connectivity index (χ2n) is 6.74. The molecule has 1 aliphatic heterocycles. The van der Waals surface area contributed by atoms with Crippen LogP contribution in [0.25, 0.3) is 17.2 Å². The van der Waals surface area contributed by atoms with Gasteiger partial charge in [0, 0.05) is 18.7 Å². The van der Waals surface area contributed by atoms with Crippen molar-refractivity contribution in [3.05, 3.63) is 47.7 Å². The number of hydrogen-bond acceptors (Lipinski definition) is 6. The highest BCUT2D eigenvalue weighted by atomic mass is 16.5. The lowest BCUT2D eigenvalue weighted by Crippen LogP contribution is -2.36. The lowest BCUT2D eigenvalue weighted by atomic mass is 10.1. The summed E-state index contributed by atoms with van der Waals surface area (Å²) in [6.45, 7) is 6.96. The summed E-state index contributed by atoms with van der Waals surface area (Å²) in [6.07, 6.45) is 0. The zero-order valence-corrected chi connectivity index (χ0v) is 15.6. The highest BCUT2D eigenvalue weighted by Gasteiger charge is 2.21. The summed E-state index contributed by atoms with van der Waals surface area (Å²) in [5, 5.41) is 0. The zero-order chi connectivity index (χ0) is 19.0. The van der Waals surface area contributed by atoms with E-state index in [1.54, 1.807) is 0 Å². The van der Waals surface area contributed by atoms with Gasteiger partial charge in [-0.05, 0) is 31.5 Å². The molecule has 4 rings (SSSR count). The molecular formula is C20H24N6O. The highest BCUT2D eigenvalue weighted by Crippen LogP contribution is 2.32. The van der Waals surface area contributed by atoms with Crippen LogP contribution in [0.15, 0.2) is 36.4 Å². The molecule has 4 N–H and O–H groups in total. The van der Waals surface area contributed by atoms with E-state index in [-0.39, 0.29) is 0 Å². The molecule has 2 aromatic heterocycles. The van der Waals surface area contributed by atoms with Crippen LogP contribution in [0.4, 0.5) is 17.3 Å². The quantitative estimate of drug-likeness (QED) is 0.742. The van der Waals surface area contributed by atoms with Crippen LogP contribution in [0.5, 0.6) is 0 Å². The molecule has 27 heavy (non-hydrogen) atoms. The van der Waals surface area contributed by atoms with E-state index in [9.17, 15) is 0 Å². The normalized spacial score (nSPS) is 14.5. The Bertz CT molecular complexity index is 975. The summed E-state index contributed by atoms with van der Waals surface area (Å²) in [5.74, 6) is 2.77. The largest absolute Gasteiger partial charge is 0.396 e. The molecule has 0 bridgehead atoms. The summed E-state index contributed by atoms with van der Waals surface area (Å²) in [4.78, 5) is 11.7. The number of imidazole rings is 1. The van der Waals surface area contributed by atoms with E-state index in [0.29, 0.717) is 30.5 Å². The Morgan fingerprint density at radius 2 is 1.70 bits per heavy atom. The third-order valence-electron chi connectivity index (χ3n) is 4.92. The van der Waals surface area contributed by atoms with Crippen LogP contribution in [-0.2, 0) is 4.74 Å². The summed E-state index contributed by atoms with van der Waals surface area (Å²) in [5.41, 5.74) is 16.1. The number of ether oxygens (including phenoxy) is 1. The number of aromatic nitrogens is 3. The molecule has 1 aromatic carbocycles. The van der Waals surface area contributed by atoms with Crippen LogP contribution >= 0.6 is 0 Å². The Morgan fingerprint density at radius 1 is 0.963 bits per heavy atom. The van der Waals surface area contributed by atoms with E-state index in [1.165, 1.54) is 0 Å². The van der Waals surface area contributed by atoms with Crippen LogP contribution in [0, 0.1) is 13.8 Å². The van der Waals surface area contributed by atoms with E-state index in [0.717, 1.165) is 41.6 Å². The van der Waals surface area contributed by atoms with Crippen molar-refractivity contribution in [2.45, 2.75) is 13.8 Å². The molecule has 0 aliphatic carbocycles. The number of nitrogens with zero attached hydrogens (tertiary/aromatic N) is 4. The number of hydrogen-bond donors (Lipinski definition) is 2. The summed E-state index contributed by atoms with van der Waals surface area (Å²) in [6, 6.07) is 11.9. The molecule has 7 nitrogen and oxygen atoms in total. The van der Waals surface area contributed by atoms with Gasteiger partial charge in [0.25, 0.3) is 0 Å². The molecule has 1 saturated heterocycles. The van der Waals surface area contributed by atoms with Crippen molar-refractivity contribution < 1.29 is 4.74 Å². The first-order valence-corrected chi connectivity index (χ1v) is 9.06. The van der Waals surface area contributed by atoms with Gasteiger partial charge in [0.2, 0.25) is 0 Å². The number of nitrogens with two attached hydrogens (primary N) is 2. The molecule has 7 heteroatoms. The lowest BCUT2D eigenvalue weighted by molar-refractivity contribution is 0.122. The fraction of sp³-hybridized carbons (Fsp3) is 0.300. The second kappa shape index (κ2) is 6.92. The van der Waals surface area contributed by atoms with Crippen LogP contribution in [0.1, 0.15) is 11.3 Å². The van der Waals surface area contributed by atoms with Crippen molar-refractivity contribution in [1.82, 2.24) is 14.5 Å². The van der Waals surface area contributed by atoms with Gasteiger partial charge in [0.05, 0.1) is 24.6 Å². The van der Waals surface area contributed by atoms with Crippen LogP contribution < -0.4 is 16.4 Å². The molecule has 3 heterocycles. The minimum Gasteiger partial charge on any atom is -0.396 e. The van der Waals surface area contributed by atoms with Gasteiger partial charge in [0.15, 0.2) is 5.82 Å². The molecule has 1 fully saturated rings.